The minimum absolute atomic E-state index is 0.141. The highest BCUT2D eigenvalue weighted by Crippen LogP contribution is 2.35. The number of nitrogens with zero attached hydrogens (tertiary/aromatic N) is 4. The summed E-state index contributed by atoms with van der Waals surface area (Å²) >= 11 is 0. The van der Waals surface area contributed by atoms with Crippen LogP contribution in [0.2, 0.25) is 0 Å². The van der Waals surface area contributed by atoms with Gasteiger partial charge in [0.25, 0.3) is 11.4 Å². The monoisotopic (exact) mass is 502 g/mol. The number of aliphatic imine (C=N–C) groups is 2. The van der Waals surface area contributed by atoms with Crippen molar-refractivity contribution >= 4 is 23.8 Å². The molecule has 2 unspecified atom stereocenters. The molecular formula is C24H30N4O8. The van der Waals surface area contributed by atoms with Crippen molar-refractivity contribution in [3.8, 4) is 23.0 Å². The van der Waals surface area contributed by atoms with Gasteiger partial charge in [-0.2, -0.15) is 0 Å². The lowest BCUT2D eigenvalue weighted by molar-refractivity contribution is -0.385. The van der Waals surface area contributed by atoms with Gasteiger partial charge >= 0.3 is 0 Å². The molecule has 194 valence electrons. The maximum absolute atomic E-state index is 11.5. The Morgan fingerprint density at radius 1 is 0.694 bits per heavy atom. The van der Waals surface area contributed by atoms with E-state index < -0.39 is 9.85 Å². The standard InChI is InChI=1S/C24H30N4O8/c1-15(25-13-17-9-21(33-3)23(35-5)11-19(17)27(29)30)7-8-16(2)26-14-18-10-22(34-4)24(36-6)12-20(18)28(31)32/h9-16H,7-8H2,1-6H3/b25-13+,26-14+. The van der Waals surface area contributed by atoms with Crippen molar-refractivity contribution in [3.63, 3.8) is 0 Å². The van der Waals surface area contributed by atoms with E-state index in [-0.39, 0.29) is 35.0 Å². The average Bonchev–Trinajstić information content (AvgIpc) is 2.87. The van der Waals surface area contributed by atoms with Gasteiger partial charge in [-0.1, -0.05) is 0 Å². The third-order valence-electron chi connectivity index (χ3n) is 5.40. The van der Waals surface area contributed by atoms with Crippen molar-refractivity contribution in [1.82, 2.24) is 0 Å². The van der Waals surface area contributed by atoms with E-state index in [1.54, 1.807) is 0 Å². The molecule has 0 fully saturated rings. The van der Waals surface area contributed by atoms with Crippen LogP contribution in [0.1, 0.15) is 37.8 Å². The van der Waals surface area contributed by atoms with Crippen LogP contribution in [-0.4, -0.2) is 62.8 Å². The maximum Gasteiger partial charge on any atom is 0.282 e. The van der Waals surface area contributed by atoms with Crippen molar-refractivity contribution in [2.75, 3.05) is 28.4 Å². The van der Waals surface area contributed by atoms with Gasteiger partial charge in [-0.3, -0.25) is 30.2 Å². The molecule has 2 atom stereocenters. The number of ether oxygens (including phenoxy) is 4. The minimum atomic E-state index is -0.502. The molecule has 0 radical (unpaired) electrons. The van der Waals surface area contributed by atoms with Gasteiger partial charge in [-0.15, -0.1) is 0 Å². The Bertz CT molecular complexity index is 1060. The van der Waals surface area contributed by atoms with Crippen molar-refractivity contribution < 1.29 is 28.8 Å². The van der Waals surface area contributed by atoms with E-state index >= 15 is 0 Å². The summed E-state index contributed by atoms with van der Waals surface area (Å²) in [5.74, 6) is 1.25. The molecule has 0 aliphatic heterocycles. The first-order chi connectivity index (χ1) is 17.1. The number of nitro groups is 2. The second-order valence-corrected chi connectivity index (χ2v) is 7.88. The van der Waals surface area contributed by atoms with Gasteiger partial charge in [0.2, 0.25) is 0 Å². The Hall–Kier alpha value is -4.22. The number of benzene rings is 2. The topological polar surface area (TPSA) is 148 Å². The fourth-order valence-corrected chi connectivity index (χ4v) is 3.34. The van der Waals surface area contributed by atoms with Gasteiger partial charge in [0.1, 0.15) is 0 Å². The fourth-order valence-electron chi connectivity index (χ4n) is 3.34. The van der Waals surface area contributed by atoms with Crippen LogP contribution in [0, 0.1) is 20.2 Å². The average molecular weight is 503 g/mol. The van der Waals surface area contributed by atoms with E-state index in [1.807, 2.05) is 13.8 Å². The molecule has 0 saturated carbocycles. The smallest absolute Gasteiger partial charge is 0.282 e. The summed E-state index contributed by atoms with van der Waals surface area (Å²) in [5, 5.41) is 22.9. The molecule has 0 amide bonds. The van der Waals surface area contributed by atoms with Crippen molar-refractivity contribution in [2.45, 2.75) is 38.8 Å². The summed E-state index contributed by atoms with van der Waals surface area (Å²) in [6.07, 6.45) is 4.19. The largest absolute Gasteiger partial charge is 0.493 e. The second kappa shape index (κ2) is 13.0. The Labute approximate surface area is 208 Å². The highest BCUT2D eigenvalue weighted by Gasteiger charge is 2.20. The quantitative estimate of drug-likeness (QED) is 0.219. The fraction of sp³-hybridized carbons (Fsp3) is 0.417. The molecule has 0 aromatic heterocycles. The summed E-state index contributed by atoms with van der Waals surface area (Å²) in [6.45, 7) is 3.78. The SMILES string of the molecule is COc1cc(/C=N/C(C)CCC(C)/N=C/c2cc(OC)c(OC)cc2[N+](=O)[O-])c([N+](=O)[O-])cc1OC. The summed E-state index contributed by atoms with van der Waals surface area (Å²) in [7, 11) is 5.71. The normalized spacial score (nSPS) is 12.9. The Morgan fingerprint density at radius 3 is 1.28 bits per heavy atom. The molecule has 0 aliphatic rings. The van der Waals surface area contributed by atoms with E-state index in [1.165, 1.54) is 65.1 Å². The van der Waals surface area contributed by atoms with Crippen LogP contribution in [0.15, 0.2) is 34.3 Å². The van der Waals surface area contributed by atoms with Crippen LogP contribution in [0.5, 0.6) is 23.0 Å². The van der Waals surface area contributed by atoms with Crippen molar-refractivity contribution in [2.24, 2.45) is 9.98 Å². The van der Waals surface area contributed by atoms with E-state index in [0.29, 0.717) is 35.5 Å². The van der Waals surface area contributed by atoms with Gasteiger partial charge < -0.3 is 18.9 Å². The molecule has 2 rings (SSSR count). The van der Waals surface area contributed by atoms with Crippen molar-refractivity contribution in [3.05, 3.63) is 55.6 Å². The number of hydrogen-bond donors (Lipinski definition) is 0. The van der Waals surface area contributed by atoms with Crippen LogP contribution < -0.4 is 18.9 Å². The zero-order chi connectivity index (χ0) is 26.8. The van der Waals surface area contributed by atoms with Crippen LogP contribution in [0.4, 0.5) is 11.4 Å². The van der Waals surface area contributed by atoms with Crippen LogP contribution in [-0.2, 0) is 0 Å². The summed E-state index contributed by atoms with van der Waals surface area (Å²) in [5.41, 5.74) is 0.323. The lowest BCUT2D eigenvalue weighted by atomic mass is 10.1. The molecule has 0 bridgehead atoms. The van der Waals surface area contributed by atoms with Crippen LogP contribution in [0.3, 0.4) is 0 Å². The predicted molar refractivity (Wildman–Crippen MR) is 136 cm³/mol. The molecule has 12 nitrogen and oxygen atoms in total. The molecule has 0 heterocycles. The van der Waals surface area contributed by atoms with Crippen molar-refractivity contribution in [1.29, 1.82) is 0 Å². The molecular weight excluding hydrogens is 472 g/mol. The molecule has 0 saturated heterocycles. The predicted octanol–water partition coefficient (Wildman–Crippen LogP) is 4.63. The molecule has 2 aromatic rings. The maximum atomic E-state index is 11.5. The lowest BCUT2D eigenvalue weighted by Crippen LogP contribution is -2.07. The first-order valence-corrected chi connectivity index (χ1v) is 11.0. The summed E-state index contributed by atoms with van der Waals surface area (Å²) in [6, 6.07) is 5.33. The van der Waals surface area contributed by atoms with Gasteiger partial charge in [0.05, 0.1) is 61.5 Å². The number of methoxy groups -OCH3 is 4. The zero-order valence-corrected chi connectivity index (χ0v) is 21.1. The summed E-state index contributed by atoms with van der Waals surface area (Å²) < 4.78 is 20.7. The van der Waals surface area contributed by atoms with Gasteiger partial charge in [0, 0.05) is 24.5 Å². The Morgan fingerprint density at radius 2 is 1.00 bits per heavy atom. The van der Waals surface area contributed by atoms with Gasteiger partial charge in [-0.05, 0) is 38.8 Å². The molecule has 0 spiro atoms. The van der Waals surface area contributed by atoms with Gasteiger partial charge in [-0.25, -0.2) is 0 Å². The molecule has 36 heavy (non-hydrogen) atoms. The zero-order valence-electron chi connectivity index (χ0n) is 21.1. The van der Waals surface area contributed by atoms with E-state index in [0.717, 1.165) is 0 Å². The minimum Gasteiger partial charge on any atom is -0.493 e. The second-order valence-electron chi connectivity index (χ2n) is 7.88. The number of rotatable bonds is 13. The molecule has 0 aliphatic carbocycles. The summed E-state index contributed by atoms with van der Waals surface area (Å²) in [4.78, 5) is 30.8. The Kier molecular flexibility index (Phi) is 10.1. The molecule has 0 N–H and O–H groups in total. The molecule has 2 aromatic carbocycles. The number of nitro benzene ring substituents is 2. The highest BCUT2D eigenvalue weighted by atomic mass is 16.6. The number of hydrogen-bond acceptors (Lipinski definition) is 10. The first-order valence-electron chi connectivity index (χ1n) is 11.0. The van der Waals surface area contributed by atoms with E-state index in [9.17, 15) is 20.2 Å². The van der Waals surface area contributed by atoms with Crippen LogP contribution >= 0.6 is 0 Å². The van der Waals surface area contributed by atoms with E-state index in [2.05, 4.69) is 9.98 Å². The third kappa shape index (κ3) is 7.14. The lowest BCUT2D eigenvalue weighted by Gasteiger charge is -2.11. The van der Waals surface area contributed by atoms with Crippen LogP contribution in [0.25, 0.3) is 0 Å². The van der Waals surface area contributed by atoms with E-state index in [4.69, 9.17) is 18.9 Å². The Balaban J connectivity index is 2.10. The van der Waals surface area contributed by atoms with Gasteiger partial charge in [0.15, 0.2) is 23.0 Å². The highest BCUT2D eigenvalue weighted by molar-refractivity contribution is 5.87. The third-order valence-corrected chi connectivity index (χ3v) is 5.40. The molecule has 12 heteroatoms. The first kappa shape index (κ1) is 28.0.